The highest BCUT2D eigenvalue weighted by Gasteiger charge is 2.25. The summed E-state index contributed by atoms with van der Waals surface area (Å²) in [5.74, 6) is 0.0401. The number of aromatic nitrogens is 1. The number of oxime groups is 1. The maximum Gasteiger partial charge on any atom is 0.217 e. The lowest BCUT2D eigenvalue weighted by molar-refractivity contribution is -0.119. The first-order valence-corrected chi connectivity index (χ1v) is 10.9. The zero-order valence-electron chi connectivity index (χ0n) is 18.1. The van der Waals surface area contributed by atoms with Gasteiger partial charge in [-0.3, -0.25) is 9.78 Å². The Hall–Kier alpha value is -3.47. The van der Waals surface area contributed by atoms with Crippen molar-refractivity contribution >= 4 is 17.3 Å². The number of nitrogens with zero attached hydrogens (tertiary/aromatic N) is 4. The number of halogens is 1. The highest BCUT2D eigenvalue weighted by Crippen LogP contribution is 2.29. The van der Waals surface area contributed by atoms with Crippen LogP contribution in [0.25, 0.3) is 0 Å². The third kappa shape index (κ3) is 5.05. The number of benzene rings is 1. The van der Waals surface area contributed by atoms with Crippen molar-refractivity contribution in [3.05, 3.63) is 59.2 Å². The van der Waals surface area contributed by atoms with Crippen LogP contribution in [-0.4, -0.2) is 42.3 Å². The number of amides is 1. The molecular formula is C24H26FN5O2. The van der Waals surface area contributed by atoms with E-state index in [0.29, 0.717) is 41.4 Å². The number of anilines is 1. The first-order chi connectivity index (χ1) is 15.5. The van der Waals surface area contributed by atoms with Gasteiger partial charge in [-0.05, 0) is 49.4 Å². The van der Waals surface area contributed by atoms with Crippen LogP contribution in [0.5, 0.6) is 0 Å². The van der Waals surface area contributed by atoms with Crippen molar-refractivity contribution in [2.45, 2.75) is 38.7 Å². The first kappa shape index (κ1) is 21.8. The fraction of sp³-hybridized carbons (Fsp3) is 0.417. The Bertz CT molecular complexity index is 1060. The van der Waals surface area contributed by atoms with E-state index in [9.17, 15) is 14.4 Å². The third-order valence-corrected chi connectivity index (χ3v) is 6.04. The first-order valence-electron chi connectivity index (χ1n) is 10.9. The maximum absolute atomic E-state index is 14.9. The van der Waals surface area contributed by atoms with Crippen LogP contribution >= 0.6 is 0 Å². The molecule has 0 radical (unpaired) electrons. The Morgan fingerprint density at radius 2 is 2.16 bits per heavy atom. The number of carbonyl (C=O) groups is 1. The topological polar surface area (TPSA) is 90.6 Å². The van der Waals surface area contributed by atoms with Gasteiger partial charge in [-0.25, -0.2) is 4.39 Å². The number of hydrogen-bond donors (Lipinski definition) is 1. The number of piperidine rings is 1. The quantitative estimate of drug-likeness (QED) is 0.753. The molecule has 166 valence electrons. The van der Waals surface area contributed by atoms with E-state index in [0.717, 1.165) is 38.0 Å². The fourth-order valence-corrected chi connectivity index (χ4v) is 4.26. The summed E-state index contributed by atoms with van der Waals surface area (Å²) in [6, 6.07) is 11.0. The van der Waals surface area contributed by atoms with Gasteiger partial charge in [0.15, 0.2) is 0 Å². The molecule has 1 amide bonds. The molecule has 8 heteroatoms. The molecule has 4 rings (SSSR count). The van der Waals surface area contributed by atoms with Gasteiger partial charge >= 0.3 is 0 Å². The molecule has 3 heterocycles. The third-order valence-electron chi connectivity index (χ3n) is 6.04. The molecular weight excluding hydrogens is 409 g/mol. The Labute approximate surface area is 186 Å². The van der Waals surface area contributed by atoms with E-state index in [1.807, 2.05) is 6.07 Å². The summed E-state index contributed by atoms with van der Waals surface area (Å²) >= 11 is 0. The van der Waals surface area contributed by atoms with Crippen LogP contribution in [0.2, 0.25) is 0 Å². The summed E-state index contributed by atoms with van der Waals surface area (Å²) in [7, 11) is 0. The molecule has 0 unspecified atom stereocenters. The molecule has 2 aliphatic heterocycles. The molecule has 0 aliphatic carbocycles. The van der Waals surface area contributed by atoms with E-state index in [1.54, 1.807) is 24.4 Å². The highest BCUT2D eigenvalue weighted by molar-refractivity contribution is 6.01. The Balaban J connectivity index is 1.34. The van der Waals surface area contributed by atoms with Gasteiger partial charge in [-0.2, -0.15) is 5.26 Å². The van der Waals surface area contributed by atoms with Crippen molar-refractivity contribution in [3.8, 4) is 6.07 Å². The SMILES string of the molecule is CC(=O)NC[C@@H]1CC(c2ccc(N3CCC(Cc4ncccc4C#N)CC3)c(F)c2)=NO1. The summed E-state index contributed by atoms with van der Waals surface area (Å²) in [4.78, 5) is 22.8. The van der Waals surface area contributed by atoms with E-state index in [2.05, 4.69) is 26.4 Å². The number of nitriles is 1. The van der Waals surface area contributed by atoms with Gasteiger partial charge in [0.05, 0.1) is 29.2 Å². The zero-order chi connectivity index (χ0) is 22.5. The van der Waals surface area contributed by atoms with Gasteiger partial charge in [0.2, 0.25) is 5.91 Å². The summed E-state index contributed by atoms with van der Waals surface area (Å²) in [6.45, 7) is 3.36. The fourth-order valence-electron chi connectivity index (χ4n) is 4.26. The number of nitrogens with one attached hydrogen (secondary N) is 1. The minimum atomic E-state index is -0.273. The molecule has 1 saturated heterocycles. The average Bonchev–Trinajstić information content (AvgIpc) is 3.28. The molecule has 2 aromatic rings. The molecule has 1 fully saturated rings. The second-order valence-electron chi connectivity index (χ2n) is 8.32. The summed E-state index contributed by atoms with van der Waals surface area (Å²) in [6.07, 6.45) is 4.66. The maximum atomic E-state index is 14.9. The Morgan fingerprint density at radius 1 is 1.34 bits per heavy atom. The van der Waals surface area contributed by atoms with Crippen molar-refractivity contribution in [1.29, 1.82) is 5.26 Å². The lowest BCUT2D eigenvalue weighted by atomic mass is 9.90. The average molecular weight is 436 g/mol. The number of carbonyl (C=O) groups excluding carboxylic acids is 1. The van der Waals surface area contributed by atoms with Gasteiger partial charge in [-0.1, -0.05) is 11.2 Å². The molecule has 32 heavy (non-hydrogen) atoms. The van der Waals surface area contributed by atoms with Crippen LogP contribution in [0.1, 0.15) is 43.0 Å². The Kier molecular flexibility index (Phi) is 6.64. The lowest BCUT2D eigenvalue weighted by Crippen LogP contribution is -2.35. The second kappa shape index (κ2) is 9.77. The number of hydrogen-bond acceptors (Lipinski definition) is 6. The van der Waals surface area contributed by atoms with Crippen LogP contribution in [0, 0.1) is 23.1 Å². The number of rotatable bonds is 6. The molecule has 2 aliphatic rings. The second-order valence-corrected chi connectivity index (χ2v) is 8.32. The lowest BCUT2D eigenvalue weighted by Gasteiger charge is -2.34. The molecule has 0 saturated carbocycles. The van der Waals surface area contributed by atoms with E-state index in [-0.39, 0.29) is 17.8 Å². The predicted octanol–water partition coefficient (Wildman–Crippen LogP) is 3.18. The predicted molar refractivity (Wildman–Crippen MR) is 119 cm³/mol. The van der Waals surface area contributed by atoms with Gasteiger partial charge in [0, 0.05) is 38.2 Å². The van der Waals surface area contributed by atoms with Crippen molar-refractivity contribution in [2.24, 2.45) is 11.1 Å². The molecule has 1 N–H and O–H groups in total. The van der Waals surface area contributed by atoms with Crippen LogP contribution in [0.15, 0.2) is 41.7 Å². The monoisotopic (exact) mass is 435 g/mol. The van der Waals surface area contributed by atoms with Crippen molar-refractivity contribution < 1.29 is 14.0 Å². The van der Waals surface area contributed by atoms with Crippen LogP contribution in [0.4, 0.5) is 10.1 Å². The molecule has 7 nitrogen and oxygen atoms in total. The van der Waals surface area contributed by atoms with E-state index in [1.165, 1.54) is 13.0 Å². The van der Waals surface area contributed by atoms with E-state index in [4.69, 9.17) is 4.84 Å². The van der Waals surface area contributed by atoms with Gasteiger partial charge in [-0.15, -0.1) is 0 Å². The number of pyridine rings is 1. The largest absolute Gasteiger partial charge is 0.390 e. The smallest absolute Gasteiger partial charge is 0.217 e. The van der Waals surface area contributed by atoms with E-state index < -0.39 is 0 Å². The Morgan fingerprint density at radius 3 is 2.88 bits per heavy atom. The van der Waals surface area contributed by atoms with Gasteiger partial charge < -0.3 is 15.1 Å². The minimum absolute atomic E-state index is 0.119. The van der Waals surface area contributed by atoms with Crippen molar-refractivity contribution in [2.75, 3.05) is 24.5 Å². The van der Waals surface area contributed by atoms with Crippen LogP contribution < -0.4 is 10.2 Å². The molecule has 1 atom stereocenters. The molecule has 1 aromatic heterocycles. The molecule has 0 bridgehead atoms. The highest BCUT2D eigenvalue weighted by atomic mass is 19.1. The summed E-state index contributed by atoms with van der Waals surface area (Å²) < 4.78 is 14.9. The zero-order valence-corrected chi connectivity index (χ0v) is 18.1. The van der Waals surface area contributed by atoms with Crippen molar-refractivity contribution in [3.63, 3.8) is 0 Å². The van der Waals surface area contributed by atoms with Gasteiger partial charge in [0.25, 0.3) is 0 Å². The standard InChI is InChI=1S/C24H26FN5O2/c1-16(31)28-15-20-13-23(29-32-20)18-4-5-24(21(25)12-18)30-9-6-17(7-10-30)11-22-19(14-26)3-2-8-27-22/h2-5,8,12,17,20H,6-7,9-11,13,15H2,1H3,(H,28,31)/t20-/m0/s1. The van der Waals surface area contributed by atoms with Crippen LogP contribution in [-0.2, 0) is 16.1 Å². The van der Waals surface area contributed by atoms with Crippen LogP contribution in [0.3, 0.4) is 0 Å². The molecule has 1 aromatic carbocycles. The normalized spacial score (nSPS) is 18.6. The van der Waals surface area contributed by atoms with E-state index >= 15 is 0 Å². The van der Waals surface area contributed by atoms with Crippen molar-refractivity contribution in [1.82, 2.24) is 10.3 Å². The summed E-state index contributed by atoms with van der Waals surface area (Å²) in [5.41, 5.74) is 3.46. The van der Waals surface area contributed by atoms with Gasteiger partial charge in [0.1, 0.15) is 18.0 Å². The summed E-state index contributed by atoms with van der Waals surface area (Å²) in [5, 5.41) is 16.0. The molecule has 0 spiro atoms. The minimum Gasteiger partial charge on any atom is -0.390 e.